The molecular weight excluding hydrogens is 284 g/mol. The smallest absolute Gasteiger partial charge is 0.184 e. The summed E-state index contributed by atoms with van der Waals surface area (Å²) >= 11 is 3.39. The molecule has 0 radical (unpaired) electrons. The number of hydrogen-bond acceptors (Lipinski definition) is 3. The van der Waals surface area contributed by atoms with Gasteiger partial charge in [0.2, 0.25) is 0 Å². The van der Waals surface area contributed by atoms with Crippen LogP contribution in [0.4, 0.5) is 0 Å². The predicted octanol–water partition coefficient (Wildman–Crippen LogP) is 2.98. The van der Waals surface area contributed by atoms with Gasteiger partial charge in [-0.25, -0.2) is 0 Å². The monoisotopic (exact) mass is 300 g/mol. The summed E-state index contributed by atoms with van der Waals surface area (Å²) in [6.45, 7) is 4.81. The summed E-state index contributed by atoms with van der Waals surface area (Å²) in [5, 5.41) is 4.22. The van der Waals surface area contributed by atoms with Crippen molar-refractivity contribution in [2.24, 2.45) is 0 Å². The molecule has 1 aliphatic rings. The van der Waals surface area contributed by atoms with Crippen LogP contribution in [0.2, 0.25) is 0 Å². The molecule has 0 amide bonds. The number of carbonyl (C=O) groups is 1. The highest BCUT2D eigenvalue weighted by Gasteiger charge is 2.24. The number of Topliss-reactive ketones (excluding diaryl/α,β-unsaturated/α-hetero) is 1. The van der Waals surface area contributed by atoms with Gasteiger partial charge in [-0.1, -0.05) is 0 Å². The van der Waals surface area contributed by atoms with Crippen LogP contribution in [-0.4, -0.2) is 28.3 Å². The molecule has 17 heavy (non-hydrogen) atoms. The molecule has 1 atom stereocenters. The highest BCUT2D eigenvalue weighted by atomic mass is 79.9. The Morgan fingerprint density at radius 3 is 3.06 bits per heavy atom. The Labute approximate surface area is 109 Å². The van der Waals surface area contributed by atoms with Gasteiger partial charge in [-0.05, 0) is 42.6 Å². The molecule has 1 saturated heterocycles. The second kappa shape index (κ2) is 5.31. The van der Waals surface area contributed by atoms with Crippen molar-refractivity contribution in [3.8, 4) is 0 Å². The number of carbonyl (C=O) groups excluding carboxylic acids is 1. The quantitative estimate of drug-likeness (QED) is 0.803. The molecule has 2 heterocycles. The number of hydrogen-bond donors (Lipinski definition) is 0. The number of nitrogens with zero attached hydrogens (tertiary/aromatic N) is 2. The third kappa shape index (κ3) is 2.77. The largest absolute Gasteiger partial charge is 0.378 e. The first-order valence-corrected chi connectivity index (χ1v) is 6.76. The molecule has 94 valence electrons. The van der Waals surface area contributed by atoms with E-state index in [0.29, 0.717) is 12.1 Å². The van der Waals surface area contributed by atoms with E-state index in [1.165, 1.54) is 0 Å². The number of aromatic nitrogens is 2. The molecule has 0 saturated carbocycles. The van der Waals surface area contributed by atoms with Crippen LogP contribution in [-0.2, 0) is 4.74 Å². The van der Waals surface area contributed by atoms with Crippen molar-refractivity contribution >= 4 is 21.7 Å². The average Bonchev–Trinajstić information content (AvgIpc) is 2.86. The SMILES string of the molecule is CC(C)n1ncc(Br)c1C(=O)CC1CCCO1. The molecule has 1 aliphatic heterocycles. The van der Waals surface area contributed by atoms with Gasteiger partial charge in [-0.3, -0.25) is 9.48 Å². The third-order valence-corrected chi connectivity index (χ3v) is 3.52. The molecule has 0 bridgehead atoms. The lowest BCUT2D eigenvalue weighted by molar-refractivity contribution is 0.0765. The van der Waals surface area contributed by atoms with E-state index in [1.807, 2.05) is 13.8 Å². The predicted molar refractivity (Wildman–Crippen MR) is 68.2 cm³/mol. The molecule has 2 rings (SSSR count). The number of rotatable bonds is 4. The van der Waals surface area contributed by atoms with Crippen molar-refractivity contribution in [3.05, 3.63) is 16.4 Å². The van der Waals surface area contributed by atoms with Gasteiger partial charge in [0.1, 0.15) is 5.69 Å². The van der Waals surface area contributed by atoms with Crippen molar-refractivity contribution in [1.29, 1.82) is 0 Å². The van der Waals surface area contributed by atoms with Crippen molar-refractivity contribution in [2.75, 3.05) is 6.61 Å². The van der Waals surface area contributed by atoms with Gasteiger partial charge in [0, 0.05) is 19.1 Å². The molecule has 1 aromatic rings. The van der Waals surface area contributed by atoms with E-state index in [1.54, 1.807) is 10.9 Å². The van der Waals surface area contributed by atoms with E-state index in [4.69, 9.17) is 4.74 Å². The van der Waals surface area contributed by atoms with Crippen molar-refractivity contribution < 1.29 is 9.53 Å². The second-order valence-electron chi connectivity index (χ2n) is 4.64. The first-order chi connectivity index (χ1) is 8.09. The first kappa shape index (κ1) is 12.8. The zero-order valence-electron chi connectivity index (χ0n) is 10.1. The summed E-state index contributed by atoms with van der Waals surface area (Å²) < 4.78 is 8.03. The van der Waals surface area contributed by atoms with E-state index < -0.39 is 0 Å². The normalized spacial score (nSPS) is 20.1. The lowest BCUT2D eigenvalue weighted by Gasteiger charge is -2.12. The molecule has 0 aliphatic carbocycles. The van der Waals surface area contributed by atoms with Crippen LogP contribution in [0.1, 0.15) is 49.6 Å². The molecule has 1 unspecified atom stereocenters. The molecule has 4 nitrogen and oxygen atoms in total. The lowest BCUT2D eigenvalue weighted by Crippen LogP contribution is -2.18. The van der Waals surface area contributed by atoms with Gasteiger partial charge >= 0.3 is 0 Å². The van der Waals surface area contributed by atoms with Gasteiger partial charge in [0.25, 0.3) is 0 Å². The van der Waals surface area contributed by atoms with Crippen LogP contribution in [0, 0.1) is 0 Å². The fourth-order valence-electron chi connectivity index (χ4n) is 2.10. The van der Waals surface area contributed by atoms with E-state index >= 15 is 0 Å². The van der Waals surface area contributed by atoms with Crippen LogP contribution >= 0.6 is 15.9 Å². The summed E-state index contributed by atoms with van der Waals surface area (Å²) in [7, 11) is 0. The van der Waals surface area contributed by atoms with E-state index in [-0.39, 0.29) is 17.9 Å². The summed E-state index contributed by atoms with van der Waals surface area (Å²) in [5.74, 6) is 0.106. The lowest BCUT2D eigenvalue weighted by atomic mass is 10.1. The first-order valence-electron chi connectivity index (χ1n) is 5.97. The molecule has 5 heteroatoms. The Kier molecular flexibility index (Phi) is 3.99. The minimum absolute atomic E-state index is 0.0879. The maximum Gasteiger partial charge on any atom is 0.184 e. The Morgan fingerprint density at radius 2 is 2.47 bits per heavy atom. The van der Waals surface area contributed by atoms with Gasteiger partial charge in [0.05, 0.1) is 16.8 Å². The fourth-order valence-corrected chi connectivity index (χ4v) is 2.60. The Morgan fingerprint density at radius 1 is 1.71 bits per heavy atom. The summed E-state index contributed by atoms with van der Waals surface area (Å²) in [6, 6.07) is 0.185. The van der Waals surface area contributed by atoms with Crippen molar-refractivity contribution in [1.82, 2.24) is 9.78 Å². The van der Waals surface area contributed by atoms with E-state index in [0.717, 1.165) is 23.9 Å². The molecular formula is C12H17BrN2O2. The van der Waals surface area contributed by atoms with Crippen LogP contribution in [0.15, 0.2) is 10.7 Å². The topological polar surface area (TPSA) is 44.1 Å². The Balaban J connectivity index is 2.14. The van der Waals surface area contributed by atoms with Crippen LogP contribution in [0.3, 0.4) is 0 Å². The standard InChI is InChI=1S/C12H17BrN2O2/c1-8(2)15-12(10(13)7-14-15)11(16)6-9-4-3-5-17-9/h7-9H,3-6H2,1-2H3. The Hall–Kier alpha value is -0.680. The van der Waals surface area contributed by atoms with Crippen LogP contribution in [0.25, 0.3) is 0 Å². The van der Waals surface area contributed by atoms with Crippen LogP contribution in [0.5, 0.6) is 0 Å². The molecule has 1 fully saturated rings. The molecule has 0 aromatic carbocycles. The maximum atomic E-state index is 12.2. The van der Waals surface area contributed by atoms with E-state index in [2.05, 4.69) is 21.0 Å². The third-order valence-electron chi connectivity index (χ3n) is 2.94. The highest BCUT2D eigenvalue weighted by Crippen LogP contribution is 2.24. The minimum atomic E-state index is 0.0879. The van der Waals surface area contributed by atoms with Crippen molar-refractivity contribution in [2.45, 2.75) is 45.3 Å². The summed E-state index contributed by atoms with van der Waals surface area (Å²) in [4.78, 5) is 12.2. The molecule has 0 N–H and O–H groups in total. The van der Waals surface area contributed by atoms with E-state index in [9.17, 15) is 4.79 Å². The highest BCUT2D eigenvalue weighted by molar-refractivity contribution is 9.10. The van der Waals surface area contributed by atoms with Crippen LogP contribution < -0.4 is 0 Å². The number of ketones is 1. The minimum Gasteiger partial charge on any atom is -0.378 e. The summed E-state index contributed by atoms with van der Waals surface area (Å²) in [6.07, 6.45) is 4.27. The second-order valence-corrected chi connectivity index (χ2v) is 5.50. The van der Waals surface area contributed by atoms with Gasteiger partial charge in [-0.15, -0.1) is 0 Å². The van der Waals surface area contributed by atoms with Gasteiger partial charge < -0.3 is 4.74 Å². The zero-order chi connectivity index (χ0) is 12.4. The number of ether oxygens (including phenoxy) is 1. The van der Waals surface area contributed by atoms with Gasteiger partial charge in [-0.2, -0.15) is 5.10 Å². The fraction of sp³-hybridized carbons (Fsp3) is 0.667. The van der Waals surface area contributed by atoms with Gasteiger partial charge in [0.15, 0.2) is 5.78 Å². The zero-order valence-corrected chi connectivity index (χ0v) is 11.7. The average molecular weight is 301 g/mol. The number of halogens is 1. The summed E-state index contributed by atoms with van der Waals surface area (Å²) in [5.41, 5.74) is 0.663. The molecule has 1 aromatic heterocycles. The maximum absolute atomic E-state index is 12.2. The Bertz CT molecular complexity index is 409. The molecule has 0 spiro atoms. The van der Waals surface area contributed by atoms with Crippen molar-refractivity contribution in [3.63, 3.8) is 0 Å².